The predicted octanol–water partition coefficient (Wildman–Crippen LogP) is 2.51. The highest BCUT2D eigenvalue weighted by Crippen LogP contribution is 2.39. The van der Waals surface area contributed by atoms with Gasteiger partial charge in [0.25, 0.3) is 0 Å². The molecule has 0 radical (unpaired) electrons. The van der Waals surface area contributed by atoms with Gasteiger partial charge in [-0.1, -0.05) is 26.7 Å². The highest BCUT2D eigenvalue weighted by Gasteiger charge is 2.43. The third-order valence-corrected chi connectivity index (χ3v) is 3.66. The van der Waals surface area contributed by atoms with Gasteiger partial charge in [0, 0.05) is 6.42 Å². The van der Waals surface area contributed by atoms with Crippen molar-refractivity contribution in [1.82, 2.24) is 0 Å². The Morgan fingerprint density at radius 2 is 1.93 bits per heavy atom. The molecule has 0 aromatic heterocycles. The zero-order valence-electron chi connectivity index (χ0n) is 9.68. The summed E-state index contributed by atoms with van der Waals surface area (Å²) in [5, 5.41) is 0. The predicted molar refractivity (Wildman–Crippen MR) is 59.0 cm³/mol. The molecule has 1 unspecified atom stereocenters. The fourth-order valence-electron chi connectivity index (χ4n) is 1.97. The van der Waals surface area contributed by atoms with Crippen LogP contribution < -0.4 is 5.73 Å². The standard InChI is InChI=1S/C12H23NO/c1-4-9(5-2)8-11(14)12(3,13)10-6-7-10/h9-10H,4-8,13H2,1-3H3. The van der Waals surface area contributed by atoms with E-state index in [-0.39, 0.29) is 5.78 Å². The smallest absolute Gasteiger partial charge is 0.152 e. The van der Waals surface area contributed by atoms with E-state index in [0.717, 1.165) is 25.7 Å². The van der Waals surface area contributed by atoms with Gasteiger partial charge in [-0.25, -0.2) is 0 Å². The molecule has 1 aliphatic rings. The summed E-state index contributed by atoms with van der Waals surface area (Å²) in [6, 6.07) is 0. The van der Waals surface area contributed by atoms with E-state index in [2.05, 4.69) is 13.8 Å². The van der Waals surface area contributed by atoms with Crippen molar-refractivity contribution in [2.24, 2.45) is 17.6 Å². The Morgan fingerprint density at radius 1 is 1.43 bits per heavy atom. The monoisotopic (exact) mass is 197 g/mol. The van der Waals surface area contributed by atoms with Gasteiger partial charge in [0.1, 0.15) is 0 Å². The number of hydrogen-bond acceptors (Lipinski definition) is 2. The third kappa shape index (κ3) is 2.57. The van der Waals surface area contributed by atoms with Crippen LogP contribution in [0.5, 0.6) is 0 Å². The lowest BCUT2D eigenvalue weighted by Gasteiger charge is -2.24. The van der Waals surface area contributed by atoms with E-state index in [1.807, 2.05) is 6.92 Å². The van der Waals surface area contributed by atoms with Gasteiger partial charge in [-0.15, -0.1) is 0 Å². The number of hydrogen-bond donors (Lipinski definition) is 1. The topological polar surface area (TPSA) is 43.1 Å². The highest BCUT2D eigenvalue weighted by atomic mass is 16.1. The summed E-state index contributed by atoms with van der Waals surface area (Å²) < 4.78 is 0. The normalized spacial score (nSPS) is 20.9. The molecule has 82 valence electrons. The molecule has 0 aromatic carbocycles. The van der Waals surface area contributed by atoms with Gasteiger partial charge in [-0.2, -0.15) is 0 Å². The summed E-state index contributed by atoms with van der Waals surface area (Å²) in [7, 11) is 0. The molecule has 0 saturated heterocycles. The third-order valence-electron chi connectivity index (χ3n) is 3.66. The molecule has 0 aromatic rings. The summed E-state index contributed by atoms with van der Waals surface area (Å²) in [5.41, 5.74) is 5.53. The summed E-state index contributed by atoms with van der Waals surface area (Å²) >= 11 is 0. The highest BCUT2D eigenvalue weighted by molar-refractivity contribution is 5.88. The van der Waals surface area contributed by atoms with Crippen LogP contribution in [0.4, 0.5) is 0 Å². The number of nitrogens with two attached hydrogens (primary N) is 1. The van der Waals surface area contributed by atoms with E-state index < -0.39 is 5.54 Å². The first kappa shape index (κ1) is 11.7. The molecular formula is C12H23NO. The quantitative estimate of drug-likeness (QED) is 0.711. The van der Waals surface area contributed by atoms with Crippen LogP contribution in [0.3, 0.4) is 0 Å². The molecular weight excluding hydrogens is 174 g/mol. The van der Waals surface area contributed by atoms with Crippen LogP contribution in [0, 0.1) is 11.8 Å². The van der Waals surface area contributed by atoms with Gasteiger partial charge in [0.15, 0.2) is 5.78 Å². The summed E-state index contributed by atoms with van der Waals surface area (Å²) in [5.74, 6) is 1.27. The van der Waals surface area contributed by atoms with Gasteiger partial charge in [0.2, 0.25) is 0 Å². The van der Waals surface area contributed by atoms with Crippen molar-refractivity contribution in [3.63, 3.8) is 0 Å². The van der Waals surface area contributed by atoms with Gasteiger partial charge in [0.05, 0.1) is 5.54 Å². The molecule has 0 heterocycles. The van der Waals surface area contributed by atoms with Crippen molar-refractivity contribution >= 4 is 5.78 Å². The maximum absolute atomic E-state index is 11.9. The number of rotatable bonds is 6. The van der Waals surface area contributed by atoms with Crippen LogP contribution in [0.15, 0.2) is 0 Å². The first-order valence-electron chi connectivity index (χ1n) is 5.84. The Bertz CT molecular complexity index is 202. The van der Waals surface area contributed by atoms with E-state index in [4.69, 9.17) is 5.73 Å². The molecule has 14 heavy (non-hydrogen) atoms. The number of carbonyl (C=O) groups is 1. The molecule has 1 rings (SSSR count). The van der Waals surface area contributed by atoms with Crippen LogP contribution in [-0.4, -0.2) is 11.3 Å². The minimum Gasteiger partial charge on any atom is -0.319 e. The van der Waals surface area contributed by atoms with Crippen LogP contribution in [0.25, 0.3) is 0 Å². The van der Waals surface area contributed by atoms with E-state index >= 15 is 0 Å². The SMILES string of the molecule is CCC(CC)CC(=O)C(C)(N)C1CC1. The van der Waals surface area contributed by atoms with Gasteiger partial charge >= 0.3 is 0 Å². The Balaban J connectivity index is 2.47. The Kier molecular flexibility index (Phi) is 3.71. The second-order valence-corrected chi connectivity index (χ2v) is 4.87. The summed E-state index contributed by atoms with van der Waals surface area (Å²) in [6.07, 6.45) is 5.13. The summed E-state index contributed by atoms with van der Waals surface area (Å²) in [6.45, 7) is 6.20. The van der Waals surface area contributed by atoms with Crippen LogP contribution in [0.1, 0.15) is 52.9 Å². The first-order valence-corrected chi connectivity index (χ1v) is 5.84. The van der Waals surface area contributed by atoms with Gasteiger partial charge < -0.3 is 5.73 Å². The minimum atomic E-state index is -0.539. The fourth-order valence-corrected chi connectivity index (χ4v) is 1.97. The molecule has 2 heteroatoms. The van der Waals surface area contributed by atoms with Gasteiger partial charge in [-0.05, 0) is 31.6 Å². The maximum atomic E-state index is 11.9. The van der Waals surface area contributed by atoms with Crippen molar-refractivity contribution in [1.29, 1.82) is 0 Å². The van der Waals surface area contributed by atoms with Crippen molar-refractivity contribution in [2.75, 3.05) is 0 Å². The van der Waals surface area contributed by atoms with Crippen LogP contribution in [0.2, 0.25) is 0 Å². The maximum Gasteiger partial charge on any atom is 0.152 e. The van der Waals surface area contributed by atoms with Crippen LogP contribution in [-0.2, 0) is 4.79 Å². The van der Waals surface area contributed by atoms with Crippen molar-refractivity contribution < 1.29 is 4.79 Å². The fraction of sp³-hybridized carbons (Fsp3) is 0.917. The lowest BCUT2D eigenvalue weighted by Crippen LogP contribution is -2.47. The largest absolute Gasteiger partial charge is 0.319 e. The second-order valence-electron chi connectivity index (χ2n) is 4.87. The molecule has 1 saturated carbocycles. The van der Waals surface area contributed by atoms with E-state index in [1.165, 1.54) is 0 Å². The summed E-state index contributed by atoms with van der Waals surface area (Å²) in [4.78, 5) is 11.9. The first-order chi connectivity index (χ1) is 6.52. The van der Waals surface area contributed by atoms with Crippen LogP contribution >= 0.6 is 0 Å². The van der Waals surface area contributed by atoms with E-state index in [0.29, 0.717) is 18.3 Å². The lowest BCUT2D eigenvalue weighted by molar-refractivity contribution is -0.125. The molecule has 0 bridgehead atoms. The van der Waals surface area contributed by atoms with E-state index in [9.17, 15) is 4.79 Å². The Labute approximate surface area is 87.2 Å². The molecule has 1 fully saturated rings. The van der Waals surface area contributed by atoms with E-state index in [1.54, 1.807) is 0 Å². The molecule has 0 aliphatic heterocycles. The molecule has 2 nitrogen and oxygen atoms in total. The molecule has 2 N–H and O–H groups in total. The minimum absolute atomic E-state index is 0.272. The van der Waals surface area contributed by atoms with Crippen molar-refractivity contribution in [3.8, 4) is 0 Å². The van der Waals surface area contributed by atoms with Gasteiger partial charge in [-0.3, -0.25) is 4.79 Å². The number of Topliss-reactive ketones (excluding diaryl/α,β-unsaturated/α-hetero) is 1. The average Bonchev–Trinajstić information content (AvgIpc) is 2.96. The molecule has 1 atom stereocenters. The van der Waals surface area contributed by atoms with Crippen molar-refractivity contribution in [3.05, 3.63) is 0 Å². The number of ketones is 1. The van der Waals surface area contributed by atoms with Crippen molar-refractivity contribution in [2.45, 2.75) is 58.4 Å². The Morgan fingerprint density at radius 3 is 2.29 bits per heavy atom. The zero-order chi connectivity index (χ0) is 10.8. The number of carbonyl (C=O) groups excluding carboxylic acids is 1. The molecule has 1 aliphatic carbocycles. The molecule has 0 spiro atoms. The Hall–Kier alpha value is -0.370. The second kappa shape index (κ2) is 4.43. The average molecular weight is 197 g/mol. The lowest BCUT2D eigenvalue weighted by atomic mass is 9.84. The molecule has 0 amide bonds. The zero-order valence-corrected chi connectivity index (χ0v) is 9.68.